The number of nitrogens with one attached hydrogen (secondary N) is 2. The van der Waals surface area contributed by atoms with Crippen LogP contribution >= 0.6 is 0 Å². The highest BCUT2D eigenvalue weighted by atomic mass is 16.2. The van der Waals surface area contributed by atoms with Gasteiger partial charge in [-0.15, -0.1) is 0 Å². The number of Topliss-reactive ketones (excluding diaryl/α,β-unsaturated/α-hetero) is 1. The van der Waals surface area contributed by atoms with E-state index < -0.39 is 0 Å². The number of rotatable bonds is 7. The smallest absolute Gasteiger partial charge is 0.315 e. The maximum Gasteiger partial charge on any atom is 0.315 e. The average Bonchev–Trinajstić information content (AvgIpc) is 2.65. The van der Waals surface area contributed by atoms with Crippen LogP contribution in [0.3, 0.4) is 0 Å². The van der Waals surface area contributed by atoms with Crippen LogP contribution in [0.1, 0.15) is 52.9 Å². The molecule has 4 nitrogen and oxygen atoms in total. The van der Waals surface area contributed by atoms with Crippen molar-refractivity contribution in [1.82, 2.24) is 10.6 Å². The lowest BCUT2D eigenvalue weighted by Gasteiger charge is -2.23. The van der Waals surface area contributed by atoms with Gasteiger partial charge in [0.1, 0.15) is 5.78 Å². The molecule has 1 aliphatic heterocycles. The summed E-state index contributed by atoms with van der Waals surface area (Å²) in [5.74, 6) is 0.728. The molecule has 0 radical (unpaired) electrons. The van der Waals surface area contributed by atoms with Gasteiger partial charge in [0.15, 0.2) is 0 Å². The molecule has 1 rings (SSSR count). The number of hydrogen-bond donors (Lipinski definition) is 2. The molecule has 1 aliphatic rings. The number of hydrogen-bond acceptors (Lipinski definition) is 2. The van der Waals surface area contributed by atoms with E-state index in [1.165, 1.54) is 0 Å². The van der Waals surface area contributed by atoms with Crippen LogP contribution in [0.2, 0.25) is 0 Å². The first kappa shape index (κ1) is 14.0. The van der Waals surface area contributed by atoms with E-state index in [1.807, 2.05) is 0 Å². The Morgan fingerprint density at radius 1 is 1.35 bits per heavy atom. The number of urea groups is 1. The summed E-state index contributed by atoms with van der Waals surface area (Å²) in [4.78, 5) is 22.1. The first-order chi connectivity index (χ1) is 8.04. The zero-order chi connectivity index (χ0) is 12.8. The van der Waals surface area contributed by atoms with Gasteiger partial charge in [-0.2, -0.15) is 0 Å². The Bertz CT molecular complexity index is 279. The van der Waals surface area contributed by atoms with Crippen molar-refractivity contribution in [2.24, 2.45) is 5.92 Å². The summed E-state index contributed by atoms with van der Waals surface area (Å²) in [6, 6.07) is 0.451. The van der Waals surface area contributed by atoms with Crippen LogP contribution in [-0.2, 0) is 4.79 Å². The maximum atomic E-state index is 11.3. The van der Waals surface area contributed by atoms with Gasteiger partial charge < -0.3 is 15.4 Å². The monoisotopic (exact) mass is 240 g/mol. The fourth-order valence-electron chi connectivity index (χ4n) is 2.47. The molecule has 0 bridgehead atoms. The van der Waals surface area contributed by atoms with Gasteiger partial charge >= 0.3 is 6.03 Å². The van der Waals surface area contributed by atoms with Crippen molar-refractivity contribution in [2.45, 2.75) is 65.0 Å². The van der Waals surface area contributed by atoms with Gasteiger partial charge in [0.05, 0.1) is 12.1 Å². The lowest BCUT2D eigenvalue weighted by Crippen LogP contribution is -2.38. The van der Waals surface area contributed by atoms with E-state index in [-0.39, 0.29) is 23.9 Å². The summed E-state index contributed by atoms with van der Waals surface area (Å²) >= 11 is 0. The van der Waals surface area contributed by atoms with Crippen molar-refractivity contribution >= 4 is 11.8 Å². The quantitative estimate of drug-likeness (QED) is 0.670. The Hall–Kier alpha value is -1.06. The molecular weight excluding hydrogens is 216 g/mol. The number of unbranched alkanes of at least 4 members (excludes halogenated alkanes) is 1. The van der Waals surface area contributed by atoms with Crippen LogP contribution in [0, 0.1) is 5.92 Å². The van der Waals surface area contributed by atoms with E-state index in [0.717, 1.165) is 25.7 Å². The van der Waals surface area contributed by atoms with Gasteiger partial charge in [0.2, 0.25) is 0 Å². The molecule has 2 amide bonds. The van der Waals surface area contributed by atoms with Gasteiger partial charge in [-0.1, -0.05) is 20.3 Å². The summed E-state index contributed by atoms with van der Waals surface area (Å²) in [5, 5.41) is 5.93. The molecule has 4 heteroatoms. The first-order valence-electron chi connectivity index (χ1n) is 6.61. The SMILES string of the molecule is CC[C@@H]1NC(=O)N[C@@H]1[C@@H](C)CCCCC(C)=O. The molecule has 0 aromatic heterocycles. The Morgan fingerprint density at radius 2 is 2.06 bits per heavy atom. The van der Waals surface area contributed by atoms with Crippen molar-refractivity contribution in [2.75, 3.05) is 0 Å². The molecule has 98 valence electrons. The van der Waals surface area contributed by atoms with Crippen molar-refractivity contribution in [3.8, 4) is 0 Å². The molecule has 0 saturated carbocycles. The van der Waals surface area contributed by atoms with E-state index in [4.69, 9.17) is 0 Å². The lowest BCUT2D eigenvalue weighted by atomic mass is 9.90. The molecule has 1 heterocycles. The van der Waals surface area contributed by atoms with E-state index in [1.54, 1.807) is 6.92 Å². The lowest BCUT2D eigenvalue weighted by molar-refractivity contribution is -0.117. The predicted molar refractivity (Wildman–Crippen MR) is 67.8 cm³/mol. The molecule has 0 aromatic rings. The third-order valence-corrected chi connectivity index (χ3v) is 3.54. The van der Waals surface area contributed by atoms with Gasteiger partial charge in [-0.05, 0) is 32.1 Å². The minimum Gasteiger partial charge on any atom is -0.333 e. The van der Waals surface area contributed by atoms with E-state index >= 15 is 0 Å². The molecule has 0 aliphatic carbocycles. The van der Waals surface area contributed by atoms with Crippen molar-refractivity contribution < 1.29 is 9.59 Å². The fraction of sp³-hybridized carbons (Fsp3) is 0.846. The zero-order valence-electron chi connectivity index (χ0n) is 11.1. The predicted octanol–water partition coefficient (Wildman–Crippen LogP) is 2.23. The third-order valence-electron chi connectivity index (χ3n) is 3.54. The Kier molecular flexibility index (Phi) is 5.45. The highest BCUT2D eigenvalue weighted by Crippen LogP contribution is 2.20. The Balaban J connectivity index is 2.29. The second-order valence-corrected chi connectivity index (χ2v) is 5.08. The van der Waals surface area contributed by atoms with Crippen LogP contribution in [0.25, 0.3) is 0 Å². The molecule has 17 heavy (non-hydrogen) atoms. The largest absolute Gasteiger partial charge is 0.333 e. The van der Waals surface area contributed by atoms with E-state index in [0.29, 0.717) is 12.3 Å². The Labute approximate surface area is 104 Å². The van der Waals surface area contributed by atoms with Crippen LogP contribution in [0.5, 0.6) is 0 Å². The molecule has 0 unspecified atom stereocenters. The maximum absolute atomic E-state index is 11.3. The van der Waals surface area contributed by atoms with Gasteiger partial charge in [0, 0.05) is 6.42 Å². The Morgan fingerprint density at radius 3 is 2.65 bits per heavy atom. The van der Waals surface area contributed by atoms with Crippen LogP contribution in [0.15, 0.2) is 0 Å². The molecule has 0 aromatic carbocycles. The van der Waals surface area contributed by atoms with Crippen molar-refractivity contribution in [3.05, 3.63) is 0 Å². The van der Waals surface area contributed by atoms with E-state index in [9.17, 15) is 9.59 Å². The number of carbonyl (C=O) groups excluding carboxylic acids is 2. The number of ketones is 1. The topological polar surface area (TPSA) is 58.2 Å². The minimum atomic E-state index is -0.0440. The van der Waals surface area contributed by atoms with Gasteiger partial charge in [-0.25, -0.2) is 4.79 Å². The van der Waals surface area contributed by atoms with E-state index in [2.05, 4.69) is 24.5 Å². The molecule has 1 fully saturated rings. The summed E-state index contributed by atoms with van der Waals surface area (Å²) in [6.07, 6.45) is 4.73. The molecule has 0 spiro atoms. The van der Waals surface area contributed by atoms with Gasteiger partial charge in [-0.3, -0.25) is 0 Å². The number of carbonyl (C=O) groups is 2. The van der Waals surface area contributed by atoms with Gasteiger partial charge in [0.25, 0.3) is 0 Å². The second kappa shape index (κ2) is 6.62. The molecule has 2 N–H and O–H groups in total. The summed E-state index contributed by atoms with van der Waals surface area (Å²) in [6.45, 7) is 5.90. The second-order valence-electron chi connectivity index (χ2n) is 5.08. The van der Waals surface area contributed by atoms with Crippen molar-refractivity contribution in [1.29, 1.82) is 0 Å². The molecule has 3 atom stereocenters. The first-order valence-corrected chi connectivity index (χ1v) is 6.61. The van der Waals surface area contributed by atoms with Crippen molar-refractivity contribution in [3.63, 3.8) is 0 Å². The zero-order valence-corrected chi connectivity index (χ0v) is 11.1. The summed E-state index contributed by atoms with van der Waals surface area (Å²) in [5.41, 5.74) is 0. The molecular formula is C13H24N2O2. The molecule has 1 saturated heterocycles. The number of amides is 2. The van der Waals surface area contributed by atoms with Crippen LogP contribution < -0.4 is 10.6 Å². The minimum absolute atomic E-state index is 0.0440. The standard InChI is InChI=1S/C13H24N2O2/c1-4-11-12(15-13(17)14-11)9(2)7-5-6-8-10(3)16/h9,11-12H,4-8H2,1-3H3,(H2,14,15,17)/t9-,11-,12+/m0/s1. The highest BCUT2D eigenvalue weighted by molar-refractivity contribution is 5.77. The van der Waals surface area contributed by atoms with Crippen LogP contribution in [-0.4, -0.2) is 23.9 Å². The normalized spacial score (nSPS) is 25.2. The highest BCUT2D eigenvalue weighted by Gasteiger charge is 2.33. The van der Waals surface area contributed by atoms with Crippen LogP contribution in [0.4, 0.5) is 4.79 Å². The fourth-order valence-corrected chi connectivity index (χ4v) is 2.47. The summed E-state index contributed by atoms with van der Waals surface area (Å²) in [7, 11) is 0. The third kappa shape index (κ3) is 4.36. The average molecular weight is 240 g/mol. The summed E-state index contributed by atoms with van der Waals surface area (Å²) < 4.78 is 0.